The Balaban J connectivity index is 2.76. The van der Waals surface area contributed by atoms with Crippen molar-refractivity contribution >= 4 is 11.9 Å². The fraction of sp³-hybridized carbons (Fsp3) is 0.692. The van der Waals surface area contributed by atoms with Gasteiger partial charge in [-0.25, -0.2) is 0 Å². The zero-order chi connectivity index (χ0) is 14.4. The van der Waals surface area contributed by atoms with Crippen LogP contribution in [-0.2, 0) is 28.5 Å². The molecule has 1 fully saturated rings. The molecule has 6 nitrogen and oxygen atoms in total. The van der Waals surface area contributed by atoms with Crippen molar-refractivity contribution in [3.8, 4) is 0 Å². The molecule has 0 radical (unpaired) electrons. The number of hydrogen-bond acceptors (Lipinski definition) is 6. The van der Waals surface area contributed by atoms with Gasteiger partial charge in [-0.1, -0.05) is 6.08 Å². The highest BCUT2D eigenvalue weighted by Crippen LogP contribution is 2.29. The quantitative estimate of drug-likeness (QED) is 0.550. The predicted octanol–water partition coefficient (Wildman–Crippen LogP) is 1.04. The molecular formula is C13H20O6. The van der Waals surface area contributed by atoms with Crippen molar-refractivity contribution in [2.24, 2.45) is 5.92 Å². The van der Waals surface area contributed by atoms with Crippen LogP contribution in [0.4, 0.5) is 0 Å². The van der Waals surface area contributed by atoms with Gasteiger partial charge in [0.05, 0.1) is 0 Å². The van der Waals surface area contributed by atoms with Gasteiger partial charge in [0.2, 0.25) is 0 Å². The molecule has 0 saturated carbocycles. The fourth-order valence-corrected chi connectivity index (χ4v) is 2.07. The number of rotatable bonds is 5. The lowest BCUT2D eigenvalue weighted by atomic mass is 9.91. The molecule has 1 rings (SSSR count). The van der Waals surface area contributed by atoms with Crippen LogP contribution < -0.4 is 0 Å². The van der Waals surface area contributed by atoms with E-state index in [2.05, 4.69) is 6.58 Å². The molecule has 0 aromatic rings. The van der Waals surface area contributed by atoms with Gasteiger partial charge in [0, 0.05) is 33.3 Å². The average molecular weight is 272 g/mol. The molecule has 0 N–H and O–H groups in total. The van der Waals surface area contributed by atoms with Crippen LogP contribution in [0.5, 0.6) is 0 Å². The van der Waals surface area contributed by atoms with Gasteiger partial charge in [-0.05, 0) is 0 Å². The lowest BCUT2D eigenvalue weighted by Gasteiger charge is -2.39. The zero-order valence-corrected chi connectivity index (χ0v) is 11.5. The fourth-order valence-electron chi connectivity index (χ4n) is 2.07. The number of carbonyl (C=O) groups is 2. The Kier molecular flexibility index (Phi) is 5.98. The Bertz CT molecular complexity index is 340. The molecule has 6 heteroatoms. The SMILES string of the molecule is C=C[C@H]1[C@H](OC(C)=O)C[C@@H](OC)O[C@@H]1COC(C)=O. The molecule has 1 aliphatic rings. The second-order valence-corrected chi connectivity index (χ2v) is 4.34. The highest BCUT2D eigenvalue weighted by Gasteiger charge is 2.39. The van der Waals surface area contributed by atoms with Crippen LogP contribution in [0.15, 0.2) is 12.7 Å². The number of esters is 2. The highest BCUT2D eigenvalue weighted by molar-refractivity contribution is 5.66. The molecule has 0 aromatic heterocycles. The first-order valence-electron chi connectivity index (χ1n) is 6.09. The van der Waals surface area contributed by atoms with Crippen molar-refractivity contribution in [1.82, 2.24) is 0 Å². The van der Waals surface area contributed by atoms with E-state index in [-0.39, 0.29) is 18.5 Å². The van der Waals surface area contributed by atoms with Crippen molar-refractivity contribution in [3.05, 3.63) is 12.7 Å². The standard InChI is InChI=1S/C13H20O6/c1-5-10-11(18-9(3)15)6-13(16-4)19-12(10)7-17-8(2)14/h5,10-13H,1,6-7H2,2-4H3/t10-,11+,12+,13-/m0/s1. The van der Waals surface area contributed by atoms with E-state index in [1.807, 2.05) is 0 Å². The summed E-state index contributed by atoms with van der Waals surface area (Å²) in [5, 5.41) is 0. The van der Waals surface area contributed by atoms with Gasteiger partial charge >= 0.3 is 11.9 Å². The topological polar surface area (TPSA) is 71.1 Å². The second kappa shape index (κ2) is 7.25. The molecule has 0 aromatic carbocycles. The van der Waals surface area contributed by atoms with E-state index in [4.69, 9.17) is 18.9 Å². The Morgan fingerprint density at radius 2 is 2.05 bits per heavy atom. The van der Waals surface area contributed by atoms with E-state index >= 15 is 0 Å². The van der Waals surface area contributed by atoms with Crippen LogP contribution in [0.2, 0.25) is 0 Å². The Morgan fingerprint density at radius 1 is 1.37 bits per heavy atom. The Labute approximate surface area is 112 Å². The molecule has 0 amide bonds. The first kappa shape index (κ1) is 15.7. The molecule has 1 heterocycles. The third-order valence-corrected chi connectivity index (χ3v) is 2.91. The molecule has 4 atom stereocenters. The van der Waals surface area contributed by atoms with Gasteiger partial charge in [-0.3, -0.25) is 9.59 Å². The summed E-state index contributed by atoms with van der Waals surface area (Å²) in [6, 6.07) is 0. The molecule has 1 saturated heterocycles. The molecule has 0 bridgehead atoms. The predicted molar refractivity (Wildman–Crippen MR) is 66.2 cm³/mol. The van der Waals surface area contributed by atoms with Gasteiger partial charge in [0.25, 0.3) is 0 Å². The number of carbonyl (C=O) groups excluding carboxylic acids is 2. The lowest BCUT2D eigenvalue weighted by Crippen LogP contribution is -2.47. The van der Waals surface area contributed by atoms with Crippen LogP contribution in [0.25, 0.3) is 0 Å². The maximum atomic E-state index is 11.1. The molecule has 0 unspecified atom stereocenters. The van der Waals surface area contributed by atoms with E-state index in [9.17, 15) is 9.59 Å². The van der Waals surface area contributed by atoms with Crippen molar-refractivity contribution in [3.63, 3.8) is 0 Å². The third kappa shape index (κ3) is 4.65. The van der Waals surface area contributed by atoms with Gasteiger partial charge in [-0.15, -0.1) is 6.58 Å². The van der Waals surface area contributed by atoms with Crippen LogP contribution in [0.3, 0.4) is 0 Å². The van der Waals surface area contributed by atoms with Gasteiger partial charge in [-0.2, -0.15) is 0 Å². The Morgan fingerprint density at radius 3 is 2.53 bits per heavy atom. The monoisotopic (exact) mass is 272 g/mol. The van der Waals surface area contributed by atoms with E-state index in [1.54, 1.807) is 6.08 Å². The second-order valence-electron chi connectivity index (χ2n) is 4.34. The van der Waals surface area contributed by atoms with Crippen molar-refractivity contribution < 1.29 is 28.5 Å². The number of ether oxygens (including phenoxy) is 4. The summed E-state index contributed by atoms with van der Waals surface area (Å²) in [7, 11) is 1.51. The van der Waals surface area contributed by atoms with Crippen LogP contribution in [0, 0.1) is 5.92 Å². The normalized spacial score (nSPS) is 30.5. The zero-order valence-electron chi connectivity index (χ0n) is 11.5. The van der Waals surface area contributed by atoms with Crippen molar-refractivity contribution in [1.29, 1.82) is 0 Å². The minimum Gasteiger partial charge on any atom is -0.463 e. The number of hydrogen-bond donors (Lipinski definition) is 0. The first-order chi connectivity index (χ1) is 8.97. The summed E-state index contributed by atoms with van der Waals surface area (Å²) < 4.78 is 21.0. The lowest BCUT2D eigenvalue weighted by molar-refractivity contribution is -0.234. The van der Waals surface area contributed by atoms with Gasteiger partial charge < -0.3 is 18.9 Å². The molecule has 19 heavy (non-hydrogen) atoms. The van der Waals surface area contributed by atoms with E-state index < -0.39 is 24.5 Å². The summed E-state index contributed by atoms with van der Waals surface area (Å²) in [4.78, 5) is 22.0. The minimum atomic E-state index is -0.499. The van der Waals surface area contributed by atoms with Crippen LogP contribution in [0.1, 0.15) is 20.3 Å². The van der Waals surface area contributed by atoms with Gasteiger partial charge in [0.15, 0.2) is 6.29 Å². The summed E-state index contributed by atoms with van der Waals surface area (Å²) in [5.41, 5.74) is 0. The van der Waals surface area contributed by atoms with Crippen LogP contribution >= 0.6 is 0 Å². The molecule has 108 valence electrons. The summed E-state index contributed by atoms with van der Waals surface area (Å²) in [6.45, 7) is 6.46. The van der Waals surface area contributed by atoms with E-state index in [0.29, 0.717) is 6.42 Å². The van der Waals surface area contributed by atoms with Crippen molar-refractivity contribution in [2.75, 3.05) is 13.7 Å². The van der Waals surface area contributed by atoms with E-state index in [1.165, 1.54) is 21.0 Å². The maximum absolute atomic E-state index is 11.1. The third-order valence-electron chi connectivity index (χ3n) is 2.91. The molecule has 1 aliphatic heterocycles. The highest BCUT2D eigenvalue weighted by atomic mass is 16.7. The molecular weight excluding hydrogens is 252 g/mol. The van der Waals surface area contributed by atoms with Crippen molar-refractivity contribution in [2.45, 2.75) is 38.8 Å². The summed E-state index contributed by atoms with van der Waals surface area (Å²) in [6.07, 6.45) is 0.733. The van der Waals surface area contributed by atoms with Crippen LogP contribution in [-0.4, -0.2) is 44.2 Å². The molecule has 0 spiro atoms. The molecule has 0 aliphatic carbocycles. The van der Waals surface area contributed by atoms with E-state index in [0.717, 1.165) is 0 Å². The minimum absolute atomic E-state index is 0.0731. The maximum Gasteiger partial charge on any atom is 0.302 e. The smallest absolute Gasteiger partial charge is 0.302 e. The summed E-state index contributed by atoms with van der Waals surface area (Å²) in [5.74, 6) is -1.01. The largest absolute Gasteiger partial charge is 0.463 e. The Hall–Kier alpha value is -1.40. The average Bonchev–Trinajstić information content (AvgIpc) is 2.34. The number of methoxy groups -OCH3 is 1. The first-order valence-corrected chi connectivity index (χ1v) is 6.09. The summed E-state index contributed by atoms with van der Waals surface area (Å²) >= 11 is 0. The van der Waals surface area contributed by atoms with Gasteiger partial charge in [0.1, 0.15) is 18.8 Å².